The summed E-state index contributed by atoms with van der Waals surface area (Å²) >= 11 is 0. The minimum atomic E-state index is -0.0601. The Morgan fingerprint density at radius 1 is 1.07 bits per heavy atom. The van der Waals surface area contributed by atoms with Crippen LogP contribution in [0.15, 0.2) is 52.9 Å². The Bertz CT molecular complexity index is 903. The van der Waals surface area contributed by atoms with Crippen LogP contribution in [0.1, 0.15) is 37.3 Å². The molecule has 0 aliphatic carbocycles. The molecule has 0 bridgehead atoms. The van der Waals surface area contributed by atoms with Crippen molar-refractivity contribution >= 4 is 0 Å². The van der Waals surface area contributed by atoms with Crippen molar-refractivity contribution in [2.45, 2.75) is 45.3 Å². The summed E-state index contributed by atoms with van der Waals surface area (Å²) in [6.07, 6.45) is 2.83. The van der Waals surface area contributed by atoms with Gasteiger partial charge >= 0.3 is 0 Å². The average Bonchev–Trinajstić information content (AvgIpc) is 3.14. The summed E-state index contributed by atoms with van der Waals surface area (Å²) in [6.45, 7) is 5.89. The first kappa shape index (κ1) is 17.7. The highest BCUT2D eigenvalue weighted by Crippen LogP contribution is 2.33. The first-order valence-electron chi connectivity index (χ1n) is 9.48. The van der Waals surface area contributed by atoms with Crippen molar-refractivity contribution < 1.29 is 9.15 Å². The highest BCUT2D eigenvalue weighted by atomic mass is 16.5. The Balaban J connectivity index is 1.28. The van der Waals surface area contributed by atoms with E-state index < -0.39 is 0 Å². The number of rotatable bonds is 6. The maximum atomic E-state index is 6.05. The molecule has 140 valence electrons. The Labute approximate surface area is 159 Å². The summed E-state index contributed by atoms with van der Waals surface area (Å²) in [5.74, 6) is 2.25. The molecule has 2 heterocycles. The van der Waals surface area contributed by atoms with Crippen molar-refractivity contribution in [2.75, 3.05) is 6.54 Å². The molecule has 2 aromatic carbocycles. The van der Waals surface area contributed by atoms with Gasteiger partial charge in [0.15, 0.2) is 0 Å². The first-order chi connectivity index (χ1) is 13.1. The van der Waals surface area contributed by atoms with Crippen LogP contribution >= 0.6 is 0 Å². The first-order valence-corrected chi connectivity index (χ1v) is 9.48. The third-order valence-corrected chi connectivity index (χ3v) is 4.84. The molecule has 0 radical (unpaired) electrons. The molecule has 1 aliphatic rings. The number of nitrogens with one attached hydrogen (secondary N) is 1. The molecule has 0 saturated carbocycles. The van der Waals surface area contributed by atoms with E-state index in [0.717, 1.165) is 37.2 Å². The predicted octanol–water partition coefficient (Wildman–Crippen LogP) is 4.17. The standard InChI is InChI=1S/C22H25N3O2/c1-22(2)12-10-18-14-16(8-9-19(18)27-22)15-23-13-11-20-24-25-21(26-20)17-6-4-3-5-7-17/h3-9,14,23H,10-13,15H2,1-2H3. The summed E-state index contributed by atoms with van der Waals surface area (Å²) in [5, 5.41) is 11.7. The lowest BCUT2D eigenvalue weighted by atomic mass is 9.93. The Kier molecular flexibility index (Phi) is 4.94. The molecule has 0 amide bonds. The maximum Gasteiger partial charge on any atom is 0.247 e. The van der Waals surface area contributed by atoms with Gasteiger partial charge in [-0.3, -0.25) is 0 Å². The number of aryl methyl sites for hydroxylation is 1. The van der Waals surface area contributed by atoms with Gasteiger partial charge in [0.1, 0.15) is 11.4 Å². The highest BCUT2D eigenvalue weighted by Gasteiger charge is 2.26. The number of fused-ring (bicyclic) bond motifs is 1. The molecule has 1 aromatic heterocycles. The minimum Gasteiger partial charge on any atom is -0.488 e. The number of hydrogen-bond donors (Lipinski definition) is 1. The second-order valence-electron chi connectivity index (χ2n) is 7.60. The summed E-state index contributed by atoms with van der Waals surface area (Å²) < 4.78 is 11.8. The lowest BCUT2D eigenvalue weighted by Crippen LogP contribution is -2.32. The van der Waals surface area contributed by atoms with Crippen molar-refractivity contribution in [1.29, 1.82) is 0 Å². The van der Waals surface area contributed by atoms with Gasteiger partial charge in [-0.2, -0.15) is 0 Å². The molecule has 0 atom stereocenters. The number of hydrogen-bond acceptors (Lipinski definition) is 5. The van der Waals surface area contributed by atoms with E-state index in [1.807, 2.05) is 30.3 Å². The zero-order chi connectivity index (χ0) is 18.7. The number of aromatic nitrogens is 2. The Morgan fingerprint density at radius 3 is 2.78 bits per heavy atom. The van der Waals surface area contributed by atoms with Crippen LogP contribution in [0.4, 0.5) is 0 Å². The van der Waals surface area contributed by atoms with Crippen LogP contribution in [0.5, 0.6) is 5.75 Å². The fraction of sp³-hybridized carbons (Fsp3) is 0.364. The van der Waals surface area contributed by atoms with Gasteiger partial charge in [-0.1, -0.05) is 30.3 Å². The molecule has 27 heavy (non-hydrogen) atoms. The van der Waals surface area contributed by atoms with Gasteiger partial charge in [-0.15, -0.1) is 10.2 Å². The Hall–Kier alpha value is -2.66. The number of nitrogens with zero attached hydrogens (tertiary/aromatic N) is 2. The summed E-state index contributed by atoms with van der Waals surface area (Å²) in [5.41, 5.74) is 3.46. The fourth-order valence-corrected chi connectivity index (χ4v) is 3.30. The molecule has 1 aliphatic heterocycles. The predicted molar refractivity (Wildman–Crippen MR) is 105 cm³/mol. The lowest BCUT2D eigenvalue weighted by molar-refractivity contribution is 0.0846. The van der Waals surface area contributed by atoms with Gasteiger partial charge in [0, 0.05) is 25.1 Å². The Morgan fingerprint density at radius 2 is 1.93 bits per heavy atom. The van der Waals surface area contributed by atoms with Gasteiger partial charge in [0.2, 0.25) is 11.8 Å². The van der Waals surface area contributed by atoms with Gasteiger partial charge < -0.3 is 14.5 Å². The quantitative estimate of drug-likeness (QED) is 0.666. The molecule has 0 fully saturated rings. The van der Waals surface area contributed by atoms with Gasteiger partial charge in [-0.05, 0) is 56.0 Å². The SMILES string of the molecule is CC1(C)CCc2cc(CNCCc3nnc(-c4ccccc4)o3)ccc2O1. The van der Waals surface area contributed by atoms with Crippen LogP contribution in [-0.2, 0) is 19.4 Å². The molecular weight excluding hydrogens is 338 g/mol. The van der Waals surface area contributed by atoms with Gasteiger partial charge in [0.05, 0.1) is 0 Å². The van der Waals surface area contributed by atoms with Crippen molar-refractivity contribution in [3.63, 3.8) is 0 Å². The van der Waals surface area contributed by atoms with E-state index in [-0.39, 0.29) is 5.60 Å². The van der Waals surface area contributed by atoms with E-state index >= 15 is 0 Å². The molecule has 3 aromatic rings. The van der Waals surface area contributed by atoms with Crippen LogP contribution in [-0.4, -0.2) is 22.3 Å². The molecule has 0 saturated heterocycles. The third-order valence-electron chi connectivity index (χ3n) is 4.84. The molecule has 5 nitrogen and oxygen atoms in total. The summed E-state index contributed by atoms with van der Waals surface area (Å²) in [7, 11) is 0. The van der Waals surface area contributed by atoms with Crippen molar-refractivity contribution in [3.05, 3.63) is 65.5 Å². The monoisotopic (exact) mass is 363 g/mol. The van der Waals surface area contributed by atoms with Crippen molar-refractivity contribution in [3.8, 4) is 17.2 Å². The van der Waals surface area contributed by atoms with Crippen LogP contribution in [0.25, 0.3) is 11.5 Å². The molecule has 1 N–H and O–H groups in total. The van der Waals surface area contributed by atoms with E-state index in [1.54, 1.807) is 0 Å². The second-order valence-corrected chi connectivity index (χ2v) is 7.60. The maximum absolute atomic E-state index is 6.05. The zero-order valence-electron chi connectivity index (χ0n) is 15.9. The molecule has 0 spiro atoms. The third kappa shape index (κ3) is 4.37. The average molecular weight is 363 g/mol. The molecule has 4 rings (SSSR count). The van der Waals surface area contributed by atoms with Gasteiger partial charge in [0.25, 0.3) is 0 Å². The summed E-state index contributed by atoms with van der Waals surface area (Å²) in [6, 6.07) is 16.3. The van der Waals surface area contributed by atoms with E-state index in [4.69, 9.17) is 9.15 Å². The lowest BCUT2D eigenvalue weighted by Gasteiger charge is -2.32. The van der Waals surface area contributed by atoms with Crippen LogP contribution < -0.4 is 10.1 Å². The van der Waals surface area contributed by atoms with E-state index in [0.29, 0.717) is 18.2 Å². The van der Waals surface area contributed by atoms with E-state index in [1.165, 1.54) is 11.1 Å². The molecule has 0 unspecified atom stereocenters. The zero-order valence-corrected chi connectivity index (χ0v) is 15.9. The minimum absolute atomic E-state index is 0.0601. The van der Waals surface area contributed by atoms with Crippen molar-refractivity contribution in [1.82, 2.24) is 15.5 Å². The van der Waals surface area contributed by atoms with Crippen LogP contribution in [0.2, 0.25) is 0 Å². The molecule has 5 heteroatoms. The van der Waals surface area contributed by atoms with E-state index in [2.05, 4.69) is 47.6 Å². The van der Waals surface area contributed by atoms with E-state index in [9.17, 15) is 0 Å². The van der Waals surface area contributed by atoms with Crippen LogP contribution in [0, 0.1) is 0 Å². The number of benzene rings is 2. The van der Waals surface area contributed by atoms with Crippen molar-refractivity contribution in [2.24, 2.45) is 0 Å². The normalized spacial score (nSPS) is 15.2. The fourth-order valence-electron chi connectivity index (χ4n) is 3.30. The number of ether oxygens (including phenoxy) is 1. The van der Waals surface area contributed by atoms with Gasteiger partial charge in [-0.25, -0.2) is 0 Å². The topological polar surface area (TPSA) is 60.2 Å². The highest BCUT2D eigenvalue weighted by molar-refractivity contribution is 5.51. The largest absolute Gasteiger partial charge is 0.488 e. The van der Waals surface area contributed by atoms with Crippen LogP contribution in [0.3, 0.4) is 0 Å². The molecular formula is C22H25N3O2. The summed E-state index contributed by atoms with van der Waals surface area (Å²) in [4.78, 5) is 0. The second kappa shape index (κ2) is 7.53. The smallest absolute Gasteiger partial charge is 0.247 e.